The molecule has 0 spiro atoms. The standard InChI is InChI=1S/C24H29NO6.C19H21NO3.C5H9ClO3/c1-4-29-24(28)31-19(3)30-23(27)11-8-14-25(16-20-9-6-5-7-10-20)22-15-18(2)12-13-21(22)17-26;1-15-9-10-17(14-21)18(12-15)20(11-5-8-19(22)23)13-16-6-3-2-4-7-16;1-3-8-5(7)9-4(2)6/h5-7,9-10,12-13,15,17,19H,4,8,11,14,16H2,1-3H3;2-4,6-7,9-10,12,14H,5,8,11,13H2,1H3,(H,22,23);4H,3H2,1-2H3. The Hall–Kier alpha value is -6.41. The van der Waals surface area contributed by atoms with E-state index in [1.54, 1.807) is 26.8 Å². The number of aliphatic carboxylic acids is 1. The van der Waals surface area contributed by atoms with Crippen molar-refractivity contribution in [3.05, 3.63) is 130 Å². The number of anilines is 2. The first-order valence-electron chi connectivity index (χ1n) is 20.6. The van der Waals surface area contributed by atoms with E-state index in [1.165, 1.54) is 6.92 Å². The molecular weight excluding hydrogens is 832 g/mol. The molecule has 1 N–H and O–H groups in total. The number of aryl methyl sites for hydroxylation is 2. The van der Waals surface area contributed by atoms with Crippen molar-refractivity contribution >= 4 is 59.8 Å². The van der Waals surface area contributed by atoms with Gasteiger partial charge >= 0.3 is 24.2 Å². The Kier molecular flexibility index (Phi) is 24.9. The zero-order valence-corrected chi connectivity index (χ0v) is 37.6. The van der Waals surface area contributed by atoms with Crippen molar-refractivity contribution in [1.29, 1.82) is 0 Å². The van der Waals surface area contributed by atoms with Gasteiger partial charge in [0.25, 0.3) is 0 Å². The highest BCUT2D eigenvalue weighted by Crippen LogP contribution is 2.25. The van der Waals surface area contributed by atoms with Gasteiger partial charge in [0.05, 0.1) is 13.2 Å². The van der Waals surface area contributed by atoms with Gasteiger partial charge in [-0.05, 0) is 94.0 Å². The lowest BCUT2D eigenvalue weighted by Gasteiger charge is -2.27. The maximum absolute atomic E-state index is 12.1. The van der Waals surface area contributed by atoms with Crippen LogP contribution in [0.15, 0.2) is 97.1 Å². The Morgan fingerprint density at radius 1 is 0.635 bits per heavy atom. The van der Waals surface area contributed by atoms with Crippen molar-refractivity contribution in [1.82, 2.24) is 0 Å². The summed E-state index contributed by atoms with van der Waals surface area (Å²) in [5.41, 5.74) is 6.62. The fourth-order valence-electron chi connectivity index (χ4n) is 5.91. The summed E-state index contributed by atoms with van der Waals surface area (Å²) in [5, 5.41) is 8.86. The molecule has 0 amide bonds. The number of esters is 1. The van der Waals surface area contributed by atoms with E-state index >= 15 is 0 Å². The van der Waals surface area contributed by atoms with Crippen LogP contribution in [0.1, 0.15) is 96.3 Å². The molecule has 0 radical (unpaired) electrons. The molecule has 4 rings (SSSR count). The van der Waals surface area contributed by atoms with Crippen molar-refractivity contribution in [3.8, 4) is 0 Å². The zero-order valence-electron chi connectivity index (χ0n) is 36.8. The molecule has 4 aromatic carbocycles. The summed E-state index contributed by atoms with van der Waals surface area (Å²) in [5.74, 6) is -1.28. The molecule has 0 aliphatic carbocycles. The average molecular weight is 891 g/mol. The Morgan fingerprint density at radius 3 is 1.46 bits per heavy atom. The Labute approximate surface area is 375 Å². The third-order valence-electron chi connectivity index (χ3n) is 8.71. The molecule has 4 aromatic rings. The van der Waals surface area contributed by atoms with Crippen molar-refractivity contribution in [2.75, 3.05) is 36.1 Å². The number of hydrogen-bond acceptors (Lipinski definition) is 13. The number of ether oxygens (including phenoxy) is 5. The number of aldehydes is 2. The fraction of sp³-hybridized carbons (Fsp3) is 0.375. The Balaban J connectivity index is 0.000000373. The molecule has 14 nitrogen and oxygen atoms in total. The van der Waals surface area contributed by atoms with Gasteiger partial charge in [0.15, 0.2) is 18.1 Å². The lowest BCUT2D eigenvalue weighted by Crippen LogP contribution is -2.27. The van der Waals surface area contributed by atoms with Crippen LogP contribution in [0.2, 0.25) is 0 Å². The van der Waals surface area contributed by atoms with Crippen LogP contribution >= 0.6 is 11.6 Å². The van der Waals surface area contributed by atoms with E-state index in [1.807, 2.05) is 105 Å². The molecule has 0 fully saturated rings. The van der Waals surface area contributed by atoms with Crippen molar-refractivity contribution in [3.63, 3.8) is 0 Å². The van der Waals surface area contributed by atoms with Crippen LogP contribution in [0.4, 0.5) is 21.0 Å². The molecule has 2 unspecified atom stereocenters. The first kappa shape index (κ1) is 52.7. The maximum Gasteiger partial charge on any atom is 0.511 e. The van der Waals surface area contributed by atoms with E-state index < -0.39 is 36.1 Å². The minimum Gasteiger partial charge on any atom is -0.481 e. The lowest BCUT2D eigenvalue weighted by atomic mass is 10.1. The Morgan fingerprint density at radius 2 is 1.06 bits per heavy atom. The van der Waals surface area contributed by atoms with E-state index in [4.69, 9.17) is 26.2 Å². The van der Waals surface area contributed by atoms with Crippen molar-refractivity contribution in [2.45, 2.75) is 92.2 Å². The van der Waals surface area contributed by atoms with Gasteiger partial charge < -0.3 is 38.6 Å². The predicted octanol–water partition coefficient (Wildman–Crippen LogP) is 10.1. The van der Waals surface area contributed by atoms with Gasteiger partial charge in [-0.2, -0.15) is 0 Å². The molecular formula is C48H59ClN2O12. The molecule has 0 bridgehead atoms. The molecule has 0 aliphatic heterocycles. The van der Waals surface area contributed by atoms with E-state index in [9.17, 15) is 28.8 Å². The molecule has 0 aromatic heterocycles. The van der Waals surface area contributed by atoms with Gasteiger partial charge in [-0.25, -0.2) is 9.59 Å². The van der Waals surface area contributed by atoms with E-state index in [0.717, 1.165) is 46.2 Å². The average Bonchev–Trinajstić information content (AvgIpc) is 3.24. The normalized spacial score (nSPS) is 11.1. The lowest BCUT2D eigenvalue weighted by molar-refractivity contribution is -0.168. The maximum atomic E-state index is 12.1. The van der Waals surface area contributed by atoms with Gasteiger partial charge in [0.1, 0.15) is 0 Å². The van der Waals surface area contributed by atoms with Crippen LogP contribution in [0, 0.1) is 13.8 Å². The number of rotatable bonds is 21. The quantitative estimate of drug-likeness (QED) is 0.0275. The number of nitrogens with zero attached hydrogens (tertiary/aromatic N) is 2. The van der Waals surface area contributed by atoms with E-state index in [-0.39, 0.29) is 19.4 Å². The number of alkyl halides is 1. The fourth-order valence-corrected chi connectivity index (χ4v) is 5.98. The summed E-state index contributed by atoms with van der Waals surface area (Å²) in [6, 6.07) is 31.3. The number of hydrogen-bond donors (Lipinski definition) is 1. The number of carbonyl (C=O) groups is 6. The van der Waals surface area contributed by atoms with Crippen LogP contribution in [0.25, 0.3) is 0 Å². The number of carboxylic acids is 1. The molecule has 0 saturated carbocycles. The minimum atomic E-state index is -1.02. The van der Waals surface area contributed by atoms with Crippen molar-refractivity contribution in [2.24, 2.45) is 0 Å². The van der Waals surface area contributed by atoms with Gasteiger partial charge in [0.2, 0.25) is 6.29 Å². The summed E-state index contributed by atoms with van der Waals surface area (Å²) >= 11 is 5.29. The van der Waals surface area contributed by atoms with Crippen LogP contribution in [-0.4, -0.2) is 80.1 Å². The second kappa shape index (κ2) is 29.8. The van der Waals surface area contributed by atoms with E-state index in [2.05, 4.69) is 24.0 Å². The summed E-state index contributed by atoms with van der Waals surface area (Å²) in [4.78, 5) is 71.6. The molecule has 63 heavy (non-hydrogen) atoms. The first-order chi connectivity index (χ1) is 30.2. The van der Waals surface area contributed by atoms with Crippen LogP contribution in [-0.2, 0) is 46.4 Å². The molecule has 0 saturated heterocycles. The number of halogens is 1. The third-order valence-corrected chi connectivity index (χ3v) is 8.80. The van der Waals surface area contributed by atoms with Crippen molar-refractivity contribution < 1.29 is 57.6 Å². The number of benzene rings is 4. The topological polar surface area (TPSA) is 175 Å². The second-order valence-corrected chi connectivity index (χ2v) is 14.6. The summed E-state index contributed by atoms with van der Waals surface area (Å²) in [6.45, 7) is 13.2. The number of carboxylic acid groups (broad SMARTS) is 1. The van der Waals surface area contributed by atoms with Gasteiger partial charge in [0, 0.05) is 68.4 Å². The monoisotopic (exact) mass is 890 g/mol. The summed E-state index contributed by atoms with van der Waals surface area (Å²) in [6.07, 6.45) is 0.373. The first-order valence-corrected chi connectivity index (χ1v) is 21.0. The second-order valence-electron chi connectivity index (χ2n) is 14.0. The summed E-state index contributed by atoms with van der Waals surface area (Å²) < 4.78 is 23.4. The van der Waals surface area contributed by atoms with Crippen LogP contribution in [0.5, 0.6) is 0 Å². The van der Waals surface area contributed by atoms with Gasteiger partial charge in [-0.3, -0.25) is 19.2 Å². The SMILES string of the molecule is CCOC(=O)OC(C)Cl.CCOC(=O)OC(C)OC(=O)CCCN(Cc1ccccc1)c1cc(C)ccc1C=O.Cc1ccc(C=O)c(N(CCCC(=O)O)Cc2ccccc2)c1. The van der Waals surface area contributed by atoms with Crippen LogP contribution in [0.3, 0.4) is 0 Å². The smallest absolute Gasteiger partial charge is 0.481 e. The highest BCUT2D eigenvalue weighted by molar-refractivity contribution is 6.19. The van der Waals surface area contributed by atoms with Gasteiger partial charge in [-0.1, -0.05) is 84.4 Å². The largest absolute Gasteiger partial charge is 0.511 e. The predicted molar refractivity (Wildman–Crippen MR) is 241 cm³/mol. The molecule has 2 atom stereocenters. The highest BCUT2D eigenvalue weighted by Gasteiger charge is 2.18. The summed E-state index contributed by atoms with van der Waals surface area (Å²) in [7, 11) is 0. The molecule has 0 heterocycles. The molecule has 0 aliphatic rings. The van der Waals surface area contributed by atoms with Gasteiger partial charge in [-0.15, -0.1) is 0 Å². The zero-order chi connectivity index (χ0) is 46.6. The van der Waals surface area contributed by atoms with Crippen LogP contribution < -0.4 is 9.80 Å². The molecule has 15 heteroatoms. The molecule has 340 valence electrons. The number of carbonyl (C=O) groups excluding carboxylic acids is 5. The highest BCUT2D eigenvalue weighted by atomic mass is 35.5. The Bertz CT molecular complexity index is 2010. The minimum absolute atomic E-state index is 0.119. The third kappa shape index (κ3) is 21.8. The van der Waals surface area contributed by atoms with E-state index in [0.29, 0.717) is 56.8 Å².